The quantitative estimate of drug-likeness (QED) is 0.212. The van der Waals surface area contributed by atoms with Crippen LogP contribution in [0.25, 0.3) is 0 Å². The highest BCUT2D eigenvalue weighted by atomic mass is 16.7. The first kappa shape index (κ1) is 33.2. The zero-order valence-electron chi connectivity index (χ0n) is 27.1. The lowest BCUT2D eigenvalue weighted by Gasteiger charge is -2.40. The van der Waals surface area contributed by atoms with E-state index in [1.54, 1.807) is 18.5 Å². The topological polar surface area (TPSA) is 129 Å². The van der Waals surface area contributed by atoms with Crippen molar-refractivity contribution in [3.63, 3.8) is 0 Å². The Morgan fingerprint density at radius 2 is 1.62 bits per heavy atom. The average molecular weight is 651 g/mol. The maximum atomic E-state index is 13.0. The average Bonchev–Trinajstić information content (AvgIpc) is 3.12. The fourth-order valence-electron chi connectivity index (χ4n) is 6.14. The van der Waals surface area contributed by atoms with E-state index < -0.39 is 18.4 Å². The molecule has 3 heterocycles. The van der Waals surface area contributed by atoms with Gasteiger partial charge in [-0.15, -0.1) is 0 Å². The molecule has 1 unspecified atom stereocenters. The largest absolute Gasteiger partial charge is 0.392 e. The lowest BCUT2D eigenvalue weighted by Crippen LogP contribution is -2.50. The third-order valence-corrected chi connectivity index (χ3v) is 8.78. The van der Waals surface area contributed by atoms with Crippen molar-refractivity contribution in [2.75, 3.05) is 42.9 Å². The molecule has 0 aliphatic carbocycles. The second-order valence-electron chi connectivity index (χ2n) is 12.3. The highest BCUT2D eigenvalue weighted by molar-refractivity contribution is 5.93. The highest BCUT2D eigenvalue weighted by Gasteiger charge is 2.34. The van der Waals surface area contributed by atoms with Crippen molar-refractivity contribution in [1.29, 1.82) is 0 Å². The van der Waals surface area contributed by atoms with E-state index in [-0.39, 0.29) is 24.6 Å². The molecule has 250 valence electrons. The molecule has 2 saturated heterocycles. The number of amides is 2. The number of urea groups is 1. The molecule has 0 radical (unpaired) electrons. The summed E-state index contributed by atoms with van der Waals surface area (Å²) in [4.78, 5) is 38.7. The normalized spacial score (nSPS) is 20.5. The van der Waals surface area contributed by atoms with Crippen molar-refractivity contribution in [1.82, 2.24) is 20.2 Å². The number of rotatable bonds is 11. The Hall–Kier alpha value is -4.68. The fourth-order valence-corrected chi connectivity index (χ4v) is 6.14. The molecule has 6 rings (SSSR count). The molecule has 2 aliphatic heterocycles. The molecule has 4 atom stereocenters. The lowest BCUT2D eigenvalue weighted by molar-refractivity contribution is -0.253. The standard InChI is InChI=1S/C37H42N6O5/c1-26(45)33(21-27-7-3-2-4-8-27)41-37(46)40-31-10-5-9-30(22-31)35-47-32(23-34(48-35)29-13-11-28(25-44)12-14-29)24-42-17-19-43(20-18-42)36-38-15-6-16-39-36/h2-16,22,32-35,44H,17-21,23-25H2,1H3,(H2,40,41,46)/t32-,33+,34+,35?/m0/s1. The number of nitrogens with zero attached hydrogens (tertiary/aromatic N) is 4. The first-order valence-corrected chi connectivity index (χ1v) is 16.4. The second kappa shape index (κ2) is 15.9. The number of ketones is 1. The van der Waals surface area contributed by atoms with Crippen LogP contribution < -0.4 is 15.5 Å². The monoisotopic (exact) mass is 650 g/mol. The van der Waals surface area contributed by atoms with Gasteiger partial charge in [0.25, 0.3) is 0 Å². The Labute approximate surface area is 280 Å². The Kier molecular flexibility index (Phi) is 11.0. The van der Waals surface area contributed by atoms with E-state index in [9.17, 15) is 14.7 Å². The van der Waals surface area contributed by atoms with Crippen LogP contribution in [0.15, 0.2) is 97.3 Å². The van der Waals surface area contributed by atoms with Crippen LogP contribution in [0.1, 0.15) is 48.0 Å². The van der Waals surface area contributed by atoms with Crippen molar-refractivity contribution >= 4 is 23.5 Å². The molecule has 3 aromatic carbocycles. The number of hydrogen-bond acceptors (Lipinski definition) is 9. The van der Waals surface area contributed by atoms with E-state index >= 15 is 0 Å². The van der Waals surface area contributed by atoms with E-state index in [2.05, 4.69) is 30.4 Å². The molecule has 0 spiro atoms. The van der Waals surface area contributed by atoms with Crippen LogP contribution in [0.5, 0.6) is 0 Å². The molecular weight excluding hydrogens is 608 g/mol. The molecule has 2 fully saturated rings. The molecule has 48 heavy (non-hydrogen) atoms. The minimum absolute atomic E-state index is 0.0209. The molecule has 11 nitrogen and oxygen atoms in total. The molecular formula is C37H42N6O5. The summed E-state index contributed by atoms with van der Waals surface area (Å²) in [5.41, 5.74) is 4.15. The van der Waals surface area contributed by atoms with Gasteiger partial charge in [-0.25, -0.2) is 14.8 Å². The van der Waals surface area contributed by atoms with Crippen LogP contribution in [0.2, 0.25) is 0 Å². The summed E-state index contributed by atoms with van der Waals surface area (Å²) in [7, 11) is 0. The van der Waals surface area contributed by atoms with E-state index in [1.807, 2.05) is 78.9 Å². The smallest absolute Gasteiger partial charge is 0.319 e. The van der Waals surface area contributed by atoms with Gasteiger partial charge in [-0.1, -0.05) is 66.7 Å². The lowest BCUT2D eigenvalue weighted by atomic mass is 9.99. The Bertz CT molecular complexity index is 1630. The van der Waals surface area contributed by atoms with Gasteiger partial charge in [0, 0.05) is 62.8 Å². The van der Waals surface area contributed by atoms with Crippen LogP contribution in [0, 0.1) is 0 Å². The molecule has 11 heteroatoms. The highest BCUT2D eigenvalue weighted by Crippen LogP contribution is 2.38. The van der Waals surface area contributed by atoms with Gasteiger partial charge in [0.15, 0.2) is 12.1 Å². The zero-order valence-corrected chi connectivity index (χ0v) is 27.1. The molecule has 2 amide bonds. The summed E-state index contributed by atoms with van der Waals surface area (Å²) < 4.78 is 13.1. The van der Waals surface area contributed by atoms with E-state index in [4.69, 9.17) is 9.47 Å². The van der Waals surface area contributed by atoms with Crippen molar-refractivity contribution < 1.29 is 24.2 Å². The number of ether oxygens (including phenoxy) is 2. The third-order valence-electron chi connectivity index (χ3n) is 8.78. The van der Waals surface area contributed by atoms with Gasteiger partial charge in [-0.2, -0.15) is 0 Å². The number of aromatic nitrogens is 2. The number of nitrogens with one attached hydrogen (secondary N) is 2. The van der Waals surface area contributed by atoms with Crippen LogP contribution in [-0.4, -0.2) is 76.7 Å². The van der Waals surface area contributed by atoms with Crippen LogP contribution in [-0.2, 0) is 27.3 Å². The Morgan fingerprint density at radius 1 is 0.875 bits per heavy atom. The van der Waals surface area contributed by atoms with E-state index in [0.29, 0.717) is 18.5 Å². The summed E-state index contributed by atoms with van der Waals surface area (Å²) in [5, 5.41) is 15.3. The molecule has 4 aromatic rings. The van der Waals surface area contributed by atoms with E-state index in [0.717, 1.165) is 60.9 Å². The second-order valence-corrected chi connectivity index (χ2v) is 12.3. The molecule has 3 N–H and O–H groups in total. The Balaban J connectivity index is 1.13. The maximum Gasteiger partial charge on any atom is 0.319 e. The molecule has 0 bridgehead atoms. The van der Waals surface area contributed by atoms with Gasteiger partial charge in [-0.05, 0) is 48.2 Å². The number of benzene rings is 3. The van der Waals surface area contributed by atoms with Gasteiger partial charge < -0.3 is 30.1 Å². The minimum Gasteiger partial charge on any atom is -0.392 e. The summed E-state index contributed by atoms with van der Waals surface area (Å²) in [6.07, 6.45) is 3.61. The van der Waals surface area contributed by atoms with Crippen LogP contribution in [0.4, 0.5) is 16.4 Å². The zero-order chi connectivity index (χ0) is 33.3. The van der Waals surface area contributed by atoms with Gasteiger partial charge in [0.1, 0.15) is 0 Å². The molecule has 2 aliphatic rings. The molecule has 1 aromatic heterocycles. The molecule has 0 saturated carbocycles. The number of piperazine rings is 1. The predicted octanol–water partition coefficient (Wildman–Crippen LogP) is 4.66. The summed E-state index contributed by atoms with van der Waals surface area (Å²) in [5.74, 6) is 0.631. The van der Waals surface area contributed by atoms with Gasteiger partial charge in [0.2, 0.25) is 5.95 Å². The van der Waals surface area contributed by atoms with Crippen molar-refractivity contribution in [3.8, 4) is 0 Å². The van der Waals surface area contributed by atoms with Crippen molar-refractivity contribution in [3.05, 3.63) is 120 Å². The fraction of sp³-hybridized carbons (Fsp3) is 0.351. The first-order chi connectivity index (χ1) is 23.4. The number of aliphatic hydroxyl groups is 1. The Morgan fingerprint density at radius 3 is 2.33 bits per heavy atom. The third kappa shape index (κ3) is 8.81. The number of carbonyl (C=O) groups excluding carboxylic acids is 2. The van der Waals surface area contributed by atoms with Gasteiger partial charge >= 0.3 is 6.03 Å². The minimum atomic E-state index is -0.668. The SMILES string of the molecule is CC(=O)[C@@H](Cc1ccccc1)NC(=O)Nc1cccc(C2O[C@H](CN3CCN(c4ncccn4)CC3)C[C@H](c3ccc(CO)cc3)O2)c1. The van der Waals surface area contributed by atoms with E-state index in [1.165, 1.54) is 6.92 Å². The maximum absolute atomic E-state index is 13.0. The van der Waals surface area contributed by atoms with Crippen molar-refractivity contribution in [2.45, 2.75) is 50.9 Å². The predicted molar refractivity (Wildman–Crippen MR) is 182 cm³/mol. The van der Waals surface area contributed by atoms with Gasteiger partial charge in [0.05, 0.1) is 24.9 Å². The summed E-state index contributed by atoms with van der Waals surface area (Å²) >= 11 is 0. The van der Waals surface area contributed by atoms with Crippen LogP contribution in [0.3, 0.4) is 0 Å². The number of hydrogen-bond donors (Lipinski definition) is 3. The summed E-state index contributed by atoms with van der Waals surface area (Å²) in [6.45, 7) is 5.57. The number of Topliss-reactive ketones (excluding diaryl/α,β-unsaturated/α-hetero) is 1. The first-order valence-electron chi connectivity index (χ1n) is 16.4. The van der Waals surface area contributed by atoms with Gasteiger partial charge in [-0.3, -0.25) is 9.69 Å². The summed E-state index contributed by atoms with van der Waals surface area (Å²) in [6, 6.07) is 25.6. The van der Waals surface area contributed by atoms with Crippen LogP contribution >= 0.6 is 0 Å². The number of carbonyl (C=O) groups is 2. The number of anilines is 2. The van der Waals surface area contributed by atoms with Crippen molar-refractivity contribution in [2.24, 2.45) is 0 Å². The number of aliphatic hydroxyl groups excluding tert-OH is 1.